The lowest BCUT2D eigenvalue weighted by atomic mass is 9.79. The summed E-state index contributed by atoms with van der Waals surface area (Å²) in [6.07, 6.45) is -36.8. The topological polar surface area (TPSA) is 18.5 Å². The van der Waals surface area contributed by atoms with Crippen molar-refractivity contribution in [3.8, 4) is 0 Å². The van der Waals surface area contributed by atoms with E-state index in [4.69, 9.17) is 9.31 Å². The van der Waals surface area contributed by atoms with E-state index in [9.17, 15) is 119 Å². The van der Waals surface area contributed by atoms with Crippen molar-refractivity contribution in [1.29, 1.82) is 0 Å². The molecule has 1 heterocycles. The Balaban J connectivity index is 3.24. The molecular formula is C37H30BF39O2Si. The minimum atomic E-state index is -8.92. The molecule has 1 aromatic rings. The monoisotopic (exact) mass is 1290 g/mol. The van der Waals surface area contributed by atoms with Gasteiger partial charge in [-0.15, -0.1) is 0 Å². The van der Waals surface area contributed by atoms with Gasteiger partial charge in [0.2, 0.25) is 0 Å². The Kier molecular flexibility index (Phi) is 18.4. The molecular weight excluding hydrogens is 1260 g/mol. The first kappa shape index (κ1) is 72.8. The molecule has 1 atom stereocenters. The highest BCUT2D eigenvalue weighted by atomic mass is 28.3. The lowest BCUT2D eigenvalue weighted by molar-refractivity contribution is -0.440. The van der Waals surface area contributed by atoms with Gasteiger partial charge in [-0.25, -0.2) is 0 Å². The molecule has 0 radical (unpaired) electrons. The summed E-state index contributed by atoms with van der Waals surface area (Å²) in [5.41, 5.74) is -6.15. The van der Waals surface area contributed by atoms with Gasteiger partial charge >= 0.3 is 114 Å². The van der Waals surface area contributed by atoms with Gasteiger partial charge in [0.25, 0.3) is 0 Å². The van der Waals surface area contributed by atoms with Gasteiger partial charge in [0.15, 0.2) is 0 Å². The fraction of sp³-hybridized carbons (Fsp3) is 0.838. The second-order valence-corrected chi connectivity index (χ2v) is 23.7. The fourth-order valence-electron chi connectivity index (χ4n) is 7.41. The van der Waals surface area contributed by atoms with E-state index < -0.39 is 183 Å². The van der Waals surface area contributed by atoms with Gasteiger partial charge in [-0.1, -0.05) is 48.0 Å². The molecule has 43 heteroatoms. The van der Waals surface area contributed by atoms with Crippen molar-refractivity contribution in [2.45, 2.75) is 190 Å². The highest BCUT2D eigenvalue weighted by Crippen LogP contribution is 2.66. The maximum absolute atomic E-state index is 15.5. The van der Waals surface area contributed by atoms with Crippen LogP contribution in [0, 0.1) is 6.92 Å². The average molecular weight is 1290 g/mol. The maximum atomic E-state index is 15.5. The highest BCUT2D eigenvalue weighted by Gasteiger charge is 2.93. The SMILES string of the molecule is Cc1ccc(B2OC(C)(C)C(C)(C[Si](CCC(F)(F)C(F)(F)C(F)(F)C(F)(F)C(F)(F)C(F)(F)F)(CCC(F)(F)C(F)(F)C(F)(F)C(F)(F)C(F)(F)C(F)(F)F)CCC(F)(F)C(F)(F)C(F)(F)C(F)(F)C(F)(F)C(F)(F)F)O2)cc1. The van der Waals surface area contributed by atoms with E-state index in [1.807, 2.05) is 0 Å². The van der Waals surface area contributed by atoms with Crippen molar-refractivity contribution in [2.75, 3.05) is 0 Å². The Morgan fingerprint density at radius 1 is 0.338 bits per heavy atom. The molecule has 1 aromatic carbocycles. The Morgan fingerprint density at radius 2 is 0.562 bits per heavy atom. The zero-order valence-corrected chi connectivity index (χ0v) is 39.9. The predicted octanol–water partition coefficient (Wildman–Crippen LogP) is 17.1. The third kappa shape index (κ3) is 11.0. The number of alkyl halides is 39. The molecule has 470 valence electrons. The first-order valence-electron chi connectivity index (χ1n) is 20.7. The van der Waals surface area contributed by atoms with E-state index in [1.165, 1.54) is 6.92 Å². The zero-order valence-electron chi connectivity index (χ0n) is 38.9. The molecule has 1 aliphatic heterocycles. The minimum absolute atomic E-state index is 0.241. The number of aryl methyl sites for hydroxylation is 1. The first-order valence-corrected chi connectivity index (χ1v) is 23.5. The first-order chi connectivity index (χ1) is 34.4. The van der Waals surface area contributed by atoms with Crippen LogP contribution in [0.5, 0.6) is 0 Å². The van der Waals surface area contributed by atoms with Crippen LogP contribution < -0.4 is 5.46 Å². The molecule has 2 nitrogen and oxygen atoms in total. The third-order valence-corrected chi connectivity index (χ3v) is 18.4. The Labute approximate surface area is 421 Å². The number of halogens is 39. The molecule has 0 aliphatic carbocycles. The normalized spacial score (nSPS) is 19.6. The van der Waals surface area contributed by atoms with Crippen molar-refractivity contribution in [3.05, 3.63) is 29.8 Å². The lowest BCUT2D eigenvalue weighted by Crippen LogP contribution is -2.70. The third-order valence-electron chi connectivity index (χ3n) is 13.0. The van der Waals surface area contributed by atoms with E-state index in [2.05, 4.69) is 0 Å². The standard InChI is InChI=1S/C37H30BF39O2Si/c1-16-5-7-17(8-6-16)38-78-18(2,3)19(4,79-38)15-80(12-9-20(39,40)23(45,46)26(51,52)29(57,58)32(63,64)35(69,70)71,13-10-21(41,42)24(47,48)27(53,54)30(59,60)33(65,66)36(72,73)74)14-11-22(43,44)25(49,50)28(55,56)31(61,62)34(67,68)37(75,76)77/h5-8H,9-15H2,1-4H3. The lowest BCUT2D eigenvalue weighted by Gasteiger charge is -2.47. The van der Waals surface area contributed by atoms with E-state index in [-0.39, 0.29) is 12.5 Å². The van der Waals surface area contributed by atoms with Crippen LogP contribution >= 0.6 is 0 Å². The van der Waals surface area contributed by atoms with Crippen molar-refractivity contribution in [3.63, 3.8) is 0 Å². The maximum Gasteiger partial charge on any atom is 0.494 e. The number of hydrogen-bond acceptors (Lipinski definition) is 2. The Hall–Kier alpha value is -3.31. The van der Waals surface area contributed by atoms with Crippen LogP contribution in [0.3, 0.4) is 0 Å². The van der Waals surface area contributed by atoms with Crippen molar-refractivity contribution < 1.29 is 181 Å². The summed E-state index contributed by atoms with van der Waals surface area (Å²) in [6, 6.07) is -8.41. The van der Waals surface area contributed by atoms with Gasteiger partial charge in [-0.3, -0.25) is 0 Å². The van der Waals surface area contributed by atoms with Gasteiger partial charge in [0.05, 0.1) is 19.3 Å². The molecule has 2 rings (SSSR count). The Bertz CT molecular complexity index is 2130. The molecule has 1 aliphatic rings. The van der Waals surface area contributed by atoms with E-state index in [0.717, 1.165) is 24.3 Å². The zero-order chi connectivity index (χ0) is 64.4. The molecule has 0 saturated carbocycles. The number of hydrogen-bond donors (Lipinski definition) is 0. The quantitative estimate of drug-likeness (QED) is 0.0759. The van der Waals surface area contributed by atoms with Gasteiger partial charge in [-0.2, -0.15) is 171 Å². The molecule has 0 N–H and O–H groups in total. The number of rotatable bonds is 24. The Morgan fingerprint density at radius 3 is 0.787 bits per heavy atom. The van der Waals surface area contributed by atoms with E-state index in [1.54, 1.807) is 0 Å². The summed E-state index contributed by atoms with van der Waals surface area (Å²) in [7, 11) is -9.41. The van der Waals surface area contributed by atoms with Crippen LogP contribution in [0.1, 0.15) is 45.6 Å². The van der Waals surface area contributed by atoms with Gasteiger partial charge < -0.3 is 9.31 Å². The highest BCUT2D eigenvalue weighted by molar-refractivity contribution is 6.80. The second kappa shape index (κ2) is 20.2. The van der Waals surface area contributed by atoms with Crippen molar-refractivity contribution in [2.24, 2.45) is 0 Å². The summed E-state index contributed by atoms with van der Waals surface area (Å²) in [4.78, 5) is 0. The molecule has 0 amide bonds. The molecule has 0 aromatic heterocycles. The van der Waals surface area contributed by atoms with Gasteiger partial charge in [0.1, 0.15) is 0 Å². The molecule has 1 unspecified atom stereocenters. The molecule has 1 saturated heterocycles. The van der Waals surface area contributed by atoms with Crippen LogP contribution in [0.4, 0.5) is 171 Å². The van der Waals surface area contributed by atoms with Crippen LogP contribution in [0.15, 0.2) is 24.3 Å². The summed E-state index contributed by atoms with van der Waals surface area (Å²) in [5, 5.41) is 0. The molecule has 1 fully saturated rings. The summed E-state index contributed by atoms with van der Waals surface area (Å²) >= 11 is 0. The molecule has 80 heavy (non-hydrogen) atoms. The average Bonchev–Trinajstić information content (AvgIpc) is 3.48. The molecule has 0 spiro atoms. The summed E-state index contributed by atoms with van der Waals surface area (Å²) < 4.78 is 562. The number of benzene rings is 1. The van der Waals surface area contributed by atoms with E-state index in [0.29, 0.717) is 13.8 Å². The van der Waals surface area contributed by atoms with Crippen molar-refractivity contribution >= 4 is 20.7 Å². The van der Waals surface area contributed by atoms with E-state index >= 15 is 52.7 Å². The van der Waals surface area contributed by atoms with Crippen LogP contribution in [-0.4, -0.2) is 134 Å². The van der Waals surface area contributed by atoms with Crippen LogP contribution in [-0.2, 0) is 9.31 Å². The smallest absolute Gasteiger partial charge is 0.399 e. The predicted molar refractivity (Wildman–Crippen MR) is 192 cm³/mol. The largest absolute Gasteiger partial charge is 0.494 e. The van der Waals surface area contributed by atoms with Crippen LogP contribution in [0.25, 0.3) is 0 Å². The van der Waals surface area contributed by atoms with Gasteiger partial charge in [-0.05, 0) is 39.2 Å². The minimum Gasteiger partial charge on any atom is -0.399 e. The summed E-state index contributed by atoms with van der Waals surface area (Å²) in [6.45, 7) is 2.59. The fourth-order valence-corrected chi connectivity index (χ4v) is 13.2. The second-order valence-electron chi connectivity index (χ2n) is 18.9. The summed E-state index contributed by atoms with van der Waals surface area (Å²) in [5.74, 6) is -128. The van der Waals surface area contributed by atoms with Crippen LogP contribution in [0.2, 0.25) is 24.2 Å². The van der Waals surface area contributed by atoms with Gasteiger partial charge in [0, 0.05) is 19.3 Å². The molecule has 0 bridgehead atoms. The van der Waals surface area contributed by atoms with Crippen molar-refractivity contribution in [1.82, 2.24) is 0 Å².